The fraction of sp³-hybridized carbons (Fsp3) is 0.412. The molecule has 106 valence electrons. The first kappa shape index (κ1) is 14.1. The molecule has 1 aliphatic carbocycles. The number of fused-ring (bicyclic) bond motifs is 1. The van der Waals surface area contributed by atoms with E-state index in [-0.39, 0.29) is 0 Å². The van der Waals surface area contributed by atoms with Crippen molar-refractivity contribution in [1.29, 1.82) is 0 Å². The molecule has 1 heterocycles. The first-order valence-corrected chi connectivity index (χ1v) is 8.52. The van der Waals surface area contributed by atoms with Crippen molar-refractivity contribution in [2.45, 2.75) is 38.1 Å². The number of benzene rings is 1. The Labute approximate surface area is 130 Å². The van der Waals surface area contributed by atoms with Crippen LogP contribution in [0.5, 0.6) is 0 Å². The van der Waals surface area contributed by atoms with Crippen LogP contribution in [-0.4, -0.2) is 12.6 Å². The molecule has 0 fully saturated rings. The van der Waals surface area contributed by atoms with Crippen LogP contribution in [-0.2, 0) is 12.8 Å². The van der Waals surface area contributed by atoms with E-state index in [1.165, 1.54) is 28.8 Å². The van der Waals surface area contributed by atoms with Gasteiger partial charge in [-0.25, -0.2) is 0 Å². The zero-order chi connectivity index (χ0) is 13.9. The van der Waals surface area contributed by atoms with Gasteiger partial charge in [-0.15, -0.1) is 11.3 Å². The summed E-state index contributed by atoms with van der Waals surface area (Å²) in [5.74, 6) is 0.652. The molecule has 3 rings (SSSR count). The third-order valence-electron chi connectivity index (χ3n) is 4.09. The highest BCUT2D eigenvalue weighted by Crippen LogP contribution is 2.39. The van der Waals surface area contributed by atoms with E-state index in [1.54, 1.807) is 11.3 Å². The van der Waals surface area contributed by atoms with Crippen molar-refractivity contribution in [3.8, 4) is 0 Å². The first-order chi connectivity index (χ1) is 9.78. The van der Waals surface area contributed by atoms with Gasteiger partial charge in [0.05, 0.1) is 4.34 Å². The lowest BCUT2D eigenvalue weighted by Gasteiger charge is -2.37. The van der Waals surface area contributed by atoms with Crippen LogP contribution in [0.1, 0.15) is 35.3 Å². The summed E-state index contributed by atoms with van der Waals surface area (Å²) < 4.78 is 0.892. The van der Waals surface area contributed by atoms with E-state index in [1.807, 2.05) is 6.07 Å². The van der Waals surface area contributed by atoms with Gasteiger partial charge in [-0.1, -0.05) is 42.8 Å². The Balaban J connectivity index is 1.74. The molecular weight excluding hydrogens is 286 g/mol. The summed E-state index contributed by atoms with van der Waals surface area (Å²) in [5.41, 5.74) is 3.05. The molecule has 2 atom stereocenters. The second-order valence-corrected chi connectivity index (χ2v) is 7.28. The van der Waals surface area contributed by atoms with Crippen LogP contribution in [0.15, 0.2) is 36.4 Å². The Morgan fingerprint density at radius 3 is 2.85 bits per heavy atom. The molecule has 0 bridgehead atoms. The minimum absolute atomic E-state index is 0.527. The number of hydrogen-bond donors (Lipinski definition) is 1. The Bertz CT molecular complexity index is 578. The zero-order valence-electron chi connectivity index (χ0n) is 11.7. The molecule has 2 unspecified atom stereocenters. The van der Waals surface area contributed by atoms with Crippen molar-refractivity contribution < 1.29 is 0 Å². The summed E-state index contributed by atoms with van der Waals surface area (Å²) in [6.07, 6.45) is 3.46. The van der Waals surface area contributed by atoms with Gasteiger partial charge in [-0.2, -0.15) is 0 Å². The highest BCUT2D eigenvalue weighted by atomic mass is 35.5. The van der Waals surface area contributed by atoms with E-state index >= 15 is 0 Å². The average Bonchev–Trinajstić information content (AvgIpc) is 2.82. The highest BCUT2D eigenvalue weighted by molar-refractivity contribution is 7.16. The molecule has 3 heteroatoms. The van der Waals surface area contributed by atoms with Crippen LogP contribution in [0, 0.1) is 0 Å². The van der Waals surface area contributed by atoms with E-state index in [0.29, 0.717) is 12.0 Å². The molecular formula is C17H20ClNS. The number of rotatable bonds is 6. The smallest absolute Gasteiger partial charge is 0.0931 e. The van der Waals surface area contributed by atoms with Gasteiger partial charge in [0.25, 0.3) is 0 Å². The zero-order valence-corrected chi connectivity index (χ0v) is 13.3. The van der Waals surface area contributed by atoms with Gasteiger partial charge >= 0.3 is 0 Å². The Morgan fingerprint density at radius 2 is 2.15 bits per heavy atom. The molecule has 1 aromatic carbocycles. The molecule has 0 aliphatic heterocycles. The van der Waals surface area contributed by atoms with Crippen molar-refractivity contribution in [3.63, 3.8) is 0 Å². The molecule has 0 radical (unpaired) electrons. The second kappa shape index (κ2) is 6.30. The Hall–Kier alpha value is -0.830. The molecule has 0 saturated carbocycles. The van der Waals surface area contributed by atoms with E-state index < -0.39 is 0 Å². The molecule has 1 aromatic heterocycles. The molecule has 1 aliphatic rings. The van der Waals surface area contributed by atoms with Gasteiger partial charge < -0.3 is 5.32 Å². The number of nitrogens with one attached hydrogen (secondary N) is 1. The monoisotopic (exact) mass is 305 g/mol. The average molecular weight is 306 g/mol. The lowest BCUT2D eigenvalue weighted by molar-refractivity contribution is 0.399. The lowest BCUT2D eigenvalue weighted by Crippen LogP contribution is -2.41. The molecule has 1 nitrogen and oxygen atoms in total. The SMILES string of the molecule is CCCNC(Cc1ccc(Cl)s1)C1Cc2ccccc21. The second-order valence-electron chi connectivity index (χ2n) is 5.48. The Kier molecular flexibility index (Phi) is 4.45. The van der Waals surface area contributed by atoms with Crippen molar-refractivity contribution in [2.75, 3.05) is 6.54 Å². The van der Waals surface area contributed by atoms with Crippen LogP contribution in [0.3, 0.4) is 0 Å². The van der Waals surface area contributed by atoms with Gasteiger partial charge in [-0.05, 0) is 49.1 Å². The Morgan fingerprint density at radius 1 is 1.30 bits per heavy atom. The number of hydrogen-bond acceptors (Lipinski definition) is 2. The minimum atomic E-state index is 0.527. The normalized spacial score (nSPS) is 18.4. The van der Waals surface area contributed by atoms with Crippen molar-refractivity contribution in [1.82, 2.24) is 5.32 Å². The fourth-order valence-corrected chi connectivity index (χ4v) is 4.17. The predicted octanol–water partition coefficient (Wildman–Crippen LogP) is 4.65. The van der Waals surface area contributed by atoms with Crippen LogP contribution >= 0.6 is 22.9 Å². The standard InChI is InChI=1S/C17H20ClNS/c1-2-9-19-16(11-13-7-8-17(18)20-13)15-10-12-5-3-4-6-14(12)15/h3-8,15-16,19H,2,9-11H2,1H3. The van der Waals surface area contributed by atoms with Crippen LogP contribution in [0.4, 0.5) is 0 Å². The summed E-state index contributed by atoms with van der Waals surface area (Å²) >= 11 is 7.76. The van der Waals surface area contributed by atoms with Crippen molar-refractivity contribution in [3.05, 3.63) is 56.7 Å². The molecule has 0 amide bonds. The van der Waals surface area contributed by atoms with Crippen molar-refractivity contribution in [2.24, 2.45) is 0 Å². The summed E-state index contributed by atoms with van der Waals surface area (Å²) in [5, 5.41) is 3.73. The summed E-state index contributed by atoms with van der Waals surface area (Å²) in [6.45, 7) is 3.31. The molecule has 20 heavy (non-hydrogen) atoms. The maximum atomic E-state index is 6.05. The maximum Gasteiger partial charge on any atom is 0.0931 e. The first-order valence-electron chi connectivity index (χ1n) is 7.33. The molecule has 0 saturated heterocycles. The number of thiophene rings is 1. The van der Waals surface area contributed by atoms with Gasteiger partial charge in [0.15, 0.2) is 0 Å². The van der Waals surface area contributed by atoms with Gasteiger partial charge in [0.1, 0.15) is 0 Å². The fourth-order valence-electron chi connectivity index (χ4n) is 3.02. The van der Waals surface area contributed by atoms with Crippen LogP contribution in [0.25, 0.3) is 0 Å². The molecule has 1 N–H and O–H groups in total. The lowest BCUT2D eigenvalue weighted by atomic mass is 9.72. The topological polar surface area (TPSA) is 12.0 Å². The summed E-state index contributed by atoms with van der Waals surface area (Å²) in [6, 6.07) is 13.5. The minimum Gasteiger partial charge on any atom is -0.313 e. The summed E-state index contributed by atoms with van der Waals surface area (Å²) in [4.78, 5) is 1.38. The third kappa shape index (κ3) is 2.93. The third-order valence-corrected chi connectivity index (χ3v) is 5.34. The quantitative estimate of drug-likeness (QED) is 0.819. The van der Waals surface area contributed by atoms with Gasteiger partial charge in [0, 0.05) is 16.8 Å². The predicted molar refractivity (Wildman–Crippen MR) is 88.0 cm³/mol. The van der Waals surface area contributed by atoms with E-state index in [0.717, 1.165) is 17.3 Å². The summed E-state index contributed by atoms with van der Waals surface area (Å²) in [7, 11) is 0. The van der Waals surface area contributed by atoms with E-state index in [9.17, 15) is 0 Å². The van der Waals surface area contributed by atoms with Gasteiger partial charge in [-0.3, -0.25) is 0 Å². The van der Waals surface area contributed by atoms with E-state index in [4.69, 9.17) is 11.6 Å². The van der Waals surface area contributed by atoms with Crippen molar-refractivity contribution >= 4 is 22.9 Å². The highest BCUT2D eigenvalue weighted by Gasteiger charge is 2.32. The molecule has 2 aromatic rings. The maximum absolute atomic E-state index is 6.05. The van der Waals surface area contributed by atoms with Gasteiger partial charge in [0.2, 0.25) is 0 Å². The number of halogens is 1. The van der Waals surface area contributed by atoms with E-state index in [2.05, 4.69) is 42.6 Å². The molecule has 0 spiro atoms. The van der Waals surface area contributed by atoms with Crippen LogP contribution < -0.4 is 5.32 Å². The largest absolute Gasteiger partial charge is 0.313 e. The van der Waals surface area contributed by atoms with Crippen LogP contribution in [0.2, 0.25) is 4.34 Å².